The Balaban J connectivity index is 1.78. The molecule has 1 aromatic carbocycles. The van der Waals surface area contributed by atoms with Gasteiger partial charge >= 0.3 is 0 Å². The molecule has 0 spiro atoms. The Labute approximate surface area is 99.8 Å². The van der Waals surface area contributed by atoms with E-state index in [4.69, 9.17) is 11.6 Å². The average Bonchev–Trinajstić information content (AvgIpc) is 3.00. The van der Waals surface area contributed by atoms with Gasteiger partial charge in [-0.3, -0.25) is 0 Å². The van der Waals surface area contributed by atoms with Crippen LogP contribution in [0.4, 0.5) is 0 Å². The first-order chi connectivity index (χ1) is 7.25. The molecule has 0 heterocycles. The van der Waals surface area contributed by atoms with E-state index in [2.05, 4.69) is 0 Å². The van der Waals surface area contributed by atoms with Gasteiger partial charge in [-0.05, 0) is 24.5 Å². The lowest BCUT2D eigenvalue weighted by molar-refractivity contribution is 0.182. The van der Waals surface area contributed by atoms with Crippen molar-refractivity contribution >= 4 is 23.4 Å². The molecule has 0 radical (unpaired) electrons. The highest BCUT2D eigenvalue weighted by atomic mass is 35.5. The number of aliphatic hydroxyl groups excluding tert-OH is 1. The van der Waals surface area contributed by atoms with Gasteiger partial charge in [0.2, 0.25) is 0 Å². The molecule has 1 fully saturated rings. The third-order valence-corrected chi connectivity index (χ3v) is 4.23. The molecular formula is C12H15ClOS. The van der Waals surface area contributed by atoms with E-state index in [0.29, 0.717) is 0 Å². The topological polar surface area (TPSA) is 20.2 Å². The Morgan fingerprint density at radius 3 is 2.80 bits per heavy atom. The summed E-state index contributed by atoms with van der Waals surface area (Å²) in [5.74, 6) is 1.53. The zero-order valence-electron chi connectivity index (χ0n) is 8.53. The maximum absolute atomic E-state index is 9.75. The fourth-order valence-electron chi connectivity index (χ4n) is 1.55. The second kappa shape index (κ2) is 5.24. The molecule has 0 bridgehead atoms. The molecule has 1 aromatic rings. The molecule has 1 aliphatic carbocycles. The molecule has 1 atom stereocenters. The van der Waals surface area contributed by atoms with Crippen LogP contribution in [-0.2, 0) is 0 Å². The highest BCUT2D eigenvalue weighted by molar-refractivity contribution is 7.99. The Morgan fingerprint density at radius 2 is 2.13 bits per heavy atom. The van der Waals surface area contributed by atoms with Gasteiger partial charge in [0.15, 0.2) is 0 Å². The van der Waals surface area contributed by atoms with E-state index in [0.717, 1.165) is 28.0 Å². The minimum absolute atomic E-state index is 0.182. The van der Waals surface area contributed by atoms with Crippen LogP contribution >= 0.6 is 23.4 Å². The van der Waals surface area contributed by atoms with Crippen molar-refractivity contribution in [3.63, 3.8) is 0 Å². The van der Waals surface area contributed by atoms with Gasteiger partial charge in [-0.15, -0.1) is 11.8 Å². The SMILES string of the molecule is OC(CSc1ccccc1Cl)CC1CC1. The summed E-state index contributed by atoms with van der Waals surface area (Å²) < 4.78 is 0. The maximum Gasteiger partial charge on any atom is 0.0636 e. The van der Waals surface area contributed by atoms with E-state index in [-0.39, 0.29) is 6.10 Å². The smallest absolute Gasteiger partial charge is 0.0636 e. The third-order valence-electron chi connectivity index (χ3n) is 2.57. The van der Waals surface area contributed by atoms with Gasteiger partial charge in [0.1, 0.15) is 0 Å². The molecule has 2 rings (SSSR count). The molecular weight excluding hydrogens is 228 g/mol. The van der Waals surface area contributed by atoms with Crippen molar-refractivity contribution in [1.29, 1.82) is 0 Å². The van der Waals surface area contributed by atoms with Crippen LogP contribution in [0.2, 0.25) is 5.02 Å². The number of halogens is 1. The highest BCUT2D eigenvalue weighted by Crippen LogP contribution is 2.35. The van der Waals surface area contributed by atoms with Crippen molar-refractivity contribution < 1.29 is 5.11 Å². The second-order valence-electron chi connectivity index (χ2n) is 4.07. The number of aliphatic hydroxyl groups is 1. The summed E-state index contributed by atoms with van der Waals surface area (Å²) >= 11 is 7.67. The molecule has 0 amide bonds. The standard InChI is InChI=1S/C12H15ClOS/c13-11-3-1-2-4-12(11)15-8-10(14)7-9-5-6-9/h1-4,9-10,14H,5-8H2. The van der Waals surface area contributed by atoms with Crippen LogP contribution in [0.5, 0.6) is 0 Å². The predicted octanol–water partition coefficient (Wildman–Crippen LogP) is 3.59. The Morgan fingerprint density at radius 1 is 1.40 bits per heavy atom. The van der Waals surface area contributed by atoms with Crippen LogP contribution in [0.3, 0.4) is 0 Å². The molecule has 15 heavy (non-hydrogen) atoms. The van der Waals surface area contributed by atoms with Gasteiger partial charge in [0, 0.05) is 10.6 Å². The van der Waals surface area contributed by atoms with Crippen molar-refractivity contribution in [1.82, 2.24) is 0 Å². The average molecular weight is 243 g/mol. The van der Waals surface area contributed by atoms with Crippen LogP contribution < -0.4 is 0 Å². The molecule has 82 valence electrons. The van der Waals surface area contributed by atoms with E-state index in [1.807, 2.05) is 24.3 Å². The van der Waals surface area contributed by atoms with Crippen LogP contribution in [0.15, 0.2) is 29.2 Å². The third kappa shape index (κ3) is 3.71. The molecule has 1 saturated carbocycles. The fourth-order valence-corrected chi connectivity index (χ4v) is 2.74. The quantitative estimate of drug-likeness (QED) is 0.797. The van der Waals surface area contributed by atoms with Crippen molar-refractivity contribution in [2.75, 3.05) is 5.75 Å². The molecule has 0 aromatic heterocycles. The second-order valence-corrected chi connectivity index (χ2v) is 5.54. The van der Waals surface area contributed by atoms with Crippen molar-refractivity contribution in [3.05, 3.63) is 29.3 Å². The largest absolute Gasteiger partial charge is 0.392 e. The summed E-state index contributed by atoms with van der Waals surface area (Å²) in [6.07, 6.45) is 3.37. The van der Waals surface area contributed by atoms with E-state index in [1.165, 1.54) is 12.8 Å². The lowest BCUT2D eigenvalue weighted by Gasteiger charge is -2.09. The number of rotatable bonds is 5. The number of benzene rings is 1. The Bertz CT molecular complexity index is 325. The Hall–Kier alpha value is -0.180. The molecule has 0 saturated heterocycles. The van der Waals surface area contributed by atoms with Gasteiger partial charge in [-0.2, -0.15) is 0 Å². The van der Waals surface area contributed by atoms with E-state index in [1.54, 1.807) is 11.8 Å². The lowest BCUT2D eigenvalue weighted by Crippen LogP contribution is -2.10. The molecule has 0 aliphatic heterocycles. The lowest BCUT2D eigenvalue weighted by atomic mass is 10.2. The van der Waals surface area contributed by atoms with Crippen molar-refractivity contribution in [2.24, 2.45) is 5.92 Å². The highest BCUT2D eigenvalue weighted by Gasteiger charge is 2.24. The number of hydrogen-bond acceptors (Lipinski definition) is 2. The predicted molar refractivity (Wildman–Crippen MR) is 65.5 cm³/mol. The van der Waals surface area contributed by atoms with Crippen LogP contribution in [-0.4, -0.2) is 17.0 Å². The first kappa shape index (κ1) is 11.3. The molecule has 1 unspecified atom stereocenters. The van der Waals surface area contributed by atoms with Gasteiger partial charge in [0.25, 0.3) is 0 Å². The maximum atomic E-state index is 9.75. The van der Waals surface area contributed by atoms with Crippen molar-refractivity contribution in [3.8, 4) is 0 Å². The summed E-state index contributed by atoms with van der Waals surface area (Å²) in [7, 11) is 0. The van der Waals surface area contributed by atoms with Gasteiger partial charge in [-0.1, -0.05) is 36.6 Å². The molecule has 1 nitrogen and oxygen atoms in total. The molecule has 1 aliphatic rings. The zero-order chi connectivity index (χ0) is 10.7. The van der Waals surface area contributed by atoms with Gasteiger partial charge in [0.05, 0.1) is 11.1 Å². The van der Waals surface area contributed by atoms with Crippen LogP contribution in [0, 0.1) is 5.92 Å². The normalized spacial score (nSPS) is 17.7. The van der Waals surface area contributed by atoms with Gasteiger partial charge in [-0.25, -0.2) is 0 Å². The summed E-state index contributed by atoms with van der Waals surface area (Å²) in [6, 6.07) is 7.78. The zero-order valence-corrected chi connectivity index (χ0v) is 10.1. The van der Waals surface area contributed by atoms with Crippen molar-refractivity contribution in [2.45, 2.75) is 30.3 Å². The Kier molecular flexibility index (Phi) is 3.95. The van der Waals surface area contributed by atoms with Gasteiger partial charge < -0.3 is 5.11 Å². The molecule has 1 N–H and O–H groups in total. The van der Waals surface area contributed by atoms with E-state index in [9.17, 15) is 5.11 Å². The summed E-state index contributed by atoms with van der Waals surface area (Å²) in [6.45, 7) is 0. The monoisotopic (exact) mass is 242 g/mol. The first-order valence-corrected chi connectivity index (χ1v) is 6.67. The number of hydrogen-bond donors (Lipinski definition) is 1. The number of thioether (sulfide) groups is 1. The van der Waals surface area contributed by atoms with E-state index >= 15 is 0 Å². The fraction of sp³-hybridized carbons (Fsp3) is 0.500. The summed E-state index contributed by atoms with van der Waals surface area (Å²) in [5, 5.41) is 10.5. The van der Waals surface area contributed by atoms with E-state index < -0.39 is 0 Å². The van der Waals surface area contributed by atoms with Crippen LogP contribution in [0.1, 0.15) is 19.3 Å². The molecule has 3 heteroatoms. The minimum atomic E-state index is -0.182. The first-order valence-electron chi connectivity index (χ1n) is 5.31. The minimum Gasteiger partial charge on any atom is -0.392 e. The summed E-state index contributed by atoms with van der Waals surface area (Å²) in [4.78, 5) is 1.06. The van der Waals surface area contributed by atoms with Crippen LogP contribution in [0.25, 0.3) is 0 Å². The summed E-state index contributed by atoms with van der Waals surface area (Å²) in [5.41, 5.74) is 0.